The minimum atomic E-state index is -3.88. The first-order chi connectivity index (χ1) is 15.2. The van der Waals surface area contributed by atoms with Gasteiger partial charge in [-0.3, -0.25) is 14.7 Å². The van der Waals surface area contributed by atoms with E-state index in [1.54, 1.807) is 30.5 Å². The molecule has 6 nitrogen and oxygen atoms in total. The number of anilines is 1. The monoisotopic (exact) mass is 505 g/mol. The first kappa shape index (κ1) is 22.7. The molecule has 0 fully saturated rings. The molecule has 0 bridgehead atoms. The second kappa shape index (κ2) is 9.15. The third kappa shape index (κ3) is 4.78. The number of hydrogen-bond donors (Lipinski definition) is 0. The fourth-order valence-electron chi connectivity index (χ4n) is 3.09. The Labute approximate surface area is 199 Å². The summed E-state index contributed by atoms with van der Waals surface area (Å²) in [4.78, 5) is 23.5. The number of carbonyl (C=O) groups excluding carboxylic acids is 1. The minimum absolute atomic E-state index is 0.0277. The fourth-order valence-corrected chi connectivity index (χ4v) is 5.60. The van der Waals surface area contributed by atoms with E-state index in [0.717, 1.165) is 10.3 Å². The summed E-state index contributed by atoms with van der Waals surface area (Å²) >= 11 is 13.4. The SMILES string of the molecule is Cc1c(Cl)ccc2sc(N(Cc3ccccn3)C(=O)CS(=O)(=O)c3ccc(Cl)cc3)nc12. The van der Waals surface area contributed by atoms with Gasteiger partial charge in [-0.1, -0.05) is 40.6 Å². The number of aryl methyl sites for hydroxylation is 1. The molecule has 1 amide bonds. The van der Waals surface area contributed by atoms with Crippen molar-refractivity contribution in [1.82, 2.24) is 9.97 Å². The Kier molecular flexibility index (Phi) is 6.48. The van der Waals surface area contributed by atoms with Gasteiger partial charge in [0.25, 0.3) is 0 Å². The lowest BCUT2D eigenvalue weighted by molar-refractivity contribution is -0.116. The van der Waals surface area contributed by atoms with E-state index in [2.05, 4.69) is 9.97 Å². The van der Waals surface area contributed by atoms with Gasteiger partial charge in [-0.25, -0.2) is 13.4 Å². The number of fused-ring (bicyclic) bond motifs is 1. The summed E-state index contributed by atoms with van der Waals surface area (Å²) < 4.78 is 26.6. The molecule has 0 N–H and O–H groups in total. The zero-order chi connectivity index (χ0) is 22.9. The third-order valence-corrected chi connectivity index (χ3v) is 8.12. The van der Waals surface area contributed by atoms with Crippen LogP contribution in [0.4, 0.5) is 5.13 Å². The highest BCUT2D eigenvalue weighted by Crippen LogP contribution is 2.34. The quantitative estimate of drug-likeness (QED) is 0.354. The number of pyridine rings is 1. The summed E-state index contributed by atoms with van der Waals surface area (Å²) in [5, 5.41) is 1.37. The lowest BCUT2D eigenvalue weighted by atomic mass is 10.2. The first-order valence-corrected chi connectivity index (χ1v) is 12.7. The Balaban J connectivity index is 1.71. The van der Waals surface area contributed by atoms with Crippen LogP contribution in [0.2, 0.25) is 10.0 Å². The topological polar surface area (TPSA) is 80.2 Å². The molecule has 0 aliphatic carbocycles. The highest BCUT2D eigenvalue weighted by Gasteiger charge is 2.27. The number of aromatic nitrogens is 2. The van der Waals surface area contributed by atoms with Crippen LogP contribution >= 0.6 is 34.5 Å². The smallest absolute Gasteiger partial charge is 0.244 e. The molecule has 2 heterocycles. The van der Waals surface area contributed by atoms with E-state index in [1.165, 1.54) is 40.5 Å². The van der Waals surface area contributed by atoms with Gasteiger partial charge in [0.15, 0.2) is 15.0 Å². The number of carbonyl (C=O) groups is 1. The molecule has 4 aromatic rings. The van der Waals surface area contributed by atoms with Gasteiger partial charge >= 0.3 is 0 Å². The van der Waals surface area contributed by atoms with Gasteiger partial charge < -0.3 is 0 Å². The Morgan fingerprint density at radius 3 is 2.50 bits per heavy atom. The number of benzene rings is 2. The summed E-state index contributed by atoms with van der Waals surface area (Å²) in [6.45, 7) is 1.94. The van der Waals surface area contributed by atoms with E-state index >= 15 is 0 Å². The molecule has 0 unspecified atom stereocenters. The van der Waals surface area contributed by atoms with Crippen molar-refractivity contribution in [2.45, 2.75) is 18.4 Å². The molecular formula is C22H17Cl2N3O3S2. The van der Waals surface area contributed by atoms with E-state index < -0.39 is 21.5 Å². The molecule has 0 aliphatic heterocycles. The van der Waals surface area contributed by atoms with Crippen molar-refractivity contribution in [2.24, 2.45) is 0 Å². The molecule has 0 radical (unpaired) electrons. The van der Waals surface area contributed by atoms with E-state index in [4.69, 9.17) is 23.2 Å². The van der Waals surface area contributed by atoms with Gasteiger partial charge in [-0.2, -0.15) is 0 Å². The number of halogens is 2. The van der Waals surface area contributed by atoms with Gasteiger partial charge in [0, 0.05) is 16.2 Å². The van der Waals surface area contributed by atoms with Crippen molar-refractivity contribution < 1.29 is 13.2 Å². The molecule has 0 atom stereocenters. The summed E-state index contributed by atoms with van der Waals surface area (Å²) in [6, 6.07) is 14.7. The number of rotatable bonds is 6. The second-order valence-corrected chi connectivity index (χ2v) is 10.9. The predicted octanol–water partition coefficient (Wildman–Crippen LogP) is 5.31. The van der Waals surface area contributed by atoms with Crippen LogP contribution in [0.15, 0.2) is 65.7 Å². The normalized spacial score (nSPS) is 11.6. The highest BCUT2D eigenvalue weighted by molar-refractivity contribution is 7.92. The Morgan fingerprint density at radius 2 is 1.81 bits per heavy atom. The van der Waals surface area contributed by atoms with Crippen LogP contribution in [0.3, 0.4) is 0 Å². The summed E-state index contributed by atoms with van der Waals surface area (Å²) in [6.07, 6.45) is 1.62. The average molecular weight is 506 g/mol. The van der Waals surface area contributed by atoms with Crippen molar-refractivity contribution in [3.63, 3.8) is 0 Å². The molecule has 4 rings (SSSR count). The largest absolute Gasteiger partial charge is 0.281 e. The van der Waals surface area contributed by atoms with Gasteiger partial charge in [-0.05, 0) is 61.0 Å². The Bertz CT molecular complexity index is 1390. The van der Waals surface area contributed by atoms with Crippen LogP contribution in [0.25, 0.3) is 10.2 Å². The van der Waals surface area contributed by atoms with Crippen LogP contribution in [0.1, 0.15) is 11.3 Å². The van der Waals surface area contributed by atoms with Crippen LogP contribution in [0.5, 0.6) is 0 Å². The molecule has 32 heavy (non-hydrogen) atoms. The van der Waals surface area contributed by atoms with Gasteiger partial charge in [-0.15, -0.1) is 0 Å². The molecule has 10 heteroatoms. The van der Waals surface area contributed by atoms with Crippen molar-refractivity contribution >= 4 is 65.6 Å². The van der Waals surface area contributed by atoms with Crippen molar-refractivity contribution in [3.8, 4) is 0 Å². The minimum Gasteiger partial charge on any atom is -0.281 e. The summed E-state index contributed by atoms with van der Waals surface area (Å²) in [7, 11) is -3.88. The summed E-state index contributed by atoms with van der Waals surface area (Å²) in [5.74, 6) is -1.31. The third-order valence-electron chi connectivity index (χ3n) is 4.80. The zero-order valence-electron chi connectivity index (χ0n) is 16.8. The molecule has 2 aromatic carbocycles. The molecule has 2 aromatic heterocycles. The predicted molar refractivity (Wildman–Crippen MR) is 128 cm³/mol. The molecule has 0 saturated carbocycles. The van der Waals surface area contributed by atoms with Crippen molar-refractivity contribution in [3.05, 3.63) is 82.1 Å². The first-order valence-electron chi connectivity index (χ1n) is 9.49. The van der Waals surface area contributed by atoms with Crippen LogP contribution in [-0.4, -0.2) is 30.0 Å². The van der Waals surface area contributed by atoms with E-state index in [-0.39, 0.29) is 11.4 Å². The van der Waals surface area contributed by atoms with E-state index in [0.29, 0.717) is 26.4 Å². The highest BCUT2D eigenvalue weighted by atomic mass is 35.5. The zero-order valence-corrected chi connectivity index (χ0v) is 20.0. The molecule has 0 saturated heterocycles. The number of amides is 1. The Morgan fingerprint density at radius 1 is 1.06 bits per heavy atom. The van der Waals surface area contributed by atoms with E-state index in [1.807, 2.05) is 13.0 Å². The van der Waals surface area contributed by atoms with Gasteiger partial charge in [0.1, 0.15) is 5.75 Å². The fraction of sp³-hybridized carbons (Fsp3) is 0.136. The molecule has 164 valence electrons. The second-order valence-electron chi connectivity index (χ2n) is 7.03. The lowest BCUT2D eigenvalue weighted by Crippen LogP contribution is -2.35. The number of sulfone groups is 1. The van der Waals surface area contributed by atoms with Crippen LogP contribution < -0.4 is 4.90 Å². The number of hydrogen-bond acceptors (Lipinski definition) is 6. The number of nitrogens with zero attached hydrogens (tertiary/aromatic N) is 3. The summed E-state index contributed by atoms with van der Waals surface area (Å²) in [5.41, 5.74) is 2.08. The molecule has 0 aliphatic rings. The van der Waals surface area contributed by atoms with E-state index in [9.17, 15) is 13.2 Å². The molecule has 0 spiro atoms. The average Bonchev–Trinajstić information content (AvgIpc) is 3.20. The maximum absolute atomic E-state index is 13.3. The maximum Gasteiger partial charge on any atom is 0.244 e. The molecular weight excluding hydrogens is 489 g/mol. The standard InChI is InChI=1S/C22H17Cl2N3O3S2/c1-14-18(24)9-10-19-21(14)26-22(31-19)27(12-16-4-2-3-11-25-16)20(28)13-32(29,30)17-7-5-15(23)6-8-17/h2-11H,12-13H2,1H3. The van der Waals surface area contributed by atoms with Crippen molar-refractivity contribution in [2.75, 3.05) is 10.7 Å². The van der Waals surface area contributed by atoms with Crippen LogP contribution in [0, 0.1) is 6.92 Å². The lowest BCUT2D eigenvalue weighted by Gasteiger charge is -2.19. The number of thiazole rings is 1. The van der Waals surface area contributed by atoms with Gasteiger partial charge in [0.2, 0.25) is 5.91 Å². The van der Waals surface area contributed by atoms with Crippen LogP contribution in [-0.2, 0) is 21.2 Å². The maximum atomic E-state index is 13.3. The Hall–Kier alpha value is -2.52. The van der Waals surface area contributed by atoms with Gasteiger partial charge in [0.05, 0.1) is 27.4 Å². The van der Waals surface area contributed by atoms with Crippen molar-refractivity contribution in [1.29, 1.82) is 0 Å².